The number of rotatable bonds is 3. The van der Waals surface area contributed by atoms with Gasteiger partial charge in [-0.05, 0) is 30.3 Å². The van der Waals surface area contributed by atoms with Gasteiger partial charge in [-0.2, -0.15) is 4.98 Å². The lowest BCUT2D eigenvalue weighted by molar-refractivity contribution is 0.122. The predicted molar refractivity (Wildman–Crippen MR) is 102 cm³/mol. The molecule has 0 saturated carbocycles. The first-order valence-corrected chi connectivity index (χ1v) is 8.64. The number of morpholine rings is 1. The Hall–Kier alpha value is -2.64. The number of hydrogen-bond acceptors (Lipinski definition) is 7. The molecule has 1 fully saturated rings. The number of anilines is 2. The highest BCUT2D eigenvalue weighted by molar-refractivity contribution is 6.32. The molecule has 0 atom stereocenters. The Kier molecular flexibility index (Phi) is 4.48. The van der Waals surface area contributed by atoms with E-state index in [0.717, 1.165) is 30.2 Å². The molecule has 1 saturated heterocycles. The third-order valence-corrected chi connectivity index (χ3v) is 4.59. The summed E-state index contributed by atoms with van der Waals surface area (Å²) in [5.74, 6) is 1.60. The van der Waals surface area contributed by atoms with Crippen molar-refractivity contribution in [2.75, 3.05) is 44.0 Å². The number of pyridine rings is 1. The Bertz CT molecular complexity index is 960. The Morgan fingerprint density at radius 2 is 1.92 bits per heavy atom. The van der Waals surface area contributed by atoms with Crippen LogP contribution < -0.4 is 15.4 Å². The van der Waals surface area contributed by atoms with Crippen LogP contribution in [0.15, 0.2) is 30.3 Å². The van der Waals surface area contributed by atoms with Crippen LogP contribution in [-0.4, -0.2) is 48.4 Å². The van der Waals surface area contributed by atoms with Crippen LogP contribution in [0.25, 0.3) is 22.3 Å². The van der Waals surface area contributed by atoms with Gasteiger partial charge in [-0.15, -0.1) is 0 Å². The monoisotopic (exact) mass is 371 g/mol. The molecule has 3 aromatic rings. The standard InChI is InChI=1S/C18H18ClN5O2/c1-25-15-5-2-11(10-12(15)19)13-3-4-14-16(21-13)17(23-18(20)22-14)24-6-8-26-9-7-24/h2-5,10H,6-9H2,1H3,(H2,20,22,23). The van der Waals surface area contributed by atoms with E-state index in [0.29, 0.717) is 35.0 Å². The molecule has 2 N–H and O–H groups in total. The Morgan fingerprint density at radius 3 is 2.65 bits per heavy atom. The van der Waals surface area contributed by atoms with Gasteiger partial charge in [0.2, 0.25) is 5.95 Å². The van der Waals surface area contributed by atoms with Gasteiger partial charge in [0.15, 0.2) is 5.82 Å². The van der Waals surface area contributed by atoms with Crippen LogP contribution in [0, 0.1) is 0 Å². The fraction of sp³-hybridized carbons (Fsp3) is 0.278. The molecule has 0 bridgehead atoms. The smallest absolute Gasteiger partial charge is 0.222 e. The highest BCUT2D eigenvalue weighted by Gasteiger charge is 2.18. The molecule has 0 aliphatic carbocycles. The second-order valence-electron chi connectivity index (χ2n) is 5.92. The number of nitrogens with zero attached hydrogens (tertiary/aromatic N) is 4. The molecule has 0 unspecified atom stereocenters. The third kappa shape index (κ3) is 3.11. The number of fused-ring (bicyclic) bond motifs is 1. The van der Waals surface area contributed by atoms with Crippen molar-refractivity contribution in [1.82, 2.24) is 15.0 Å². The van der Waals surface area contributed by atoms with Gasteiger partial charge in [-0.3, -0.25) is 0 Å². The zero-order chi connectivity index (χ0) is 18.1. The summed E-state index contributed by atoms with van der Waals surface area (Å²) in [7, 11) is 1.59. The highest BCUT2D eigenvalue weighted by Crippen LogP contribution is 2.31. The zero-order valence-electron chi connectivity index (χ0n) is 14.3. The van der Waals surface area contributed by atoms with Gasteiger partial charge in [0.25, 0.3) is 0 Å². The molecule has 3 heterocycles. The van der Waals surface area contributed by atoms with Gasteiger partial charge in [0, 0.05) is 18.7 Å². The zero-order valence-corrected chi connectivity index (χ0v) is 15.0. The summed E-state index contributed by atoms with van der Waals surface area (Å²) >= 11 is 6.26. The number of benzene rings is 1. The maximum absolute atomic E-state index is 6.26. The van der Waals surface area contributed by atoms with Gasteiger partial charge >= 0.3 is 0 Å². The average Bonchev–Trinajstić information content (AvgIpc) is 2.67. The number of aromatic nitrogens is 3. The Morgan fingerprint density at radius 1 is 1.12 bits per heavy atom. The lowest BCUT2D eigenvalue weighted by Gasteiger charge is -2.28. The van der Waals surface area contributed by atoms with Crippen LogP contribution in [0.1, 0.15) is 0 Å². The van der Waals surface area contributed by atoms with Gasteiger partial charge in [0.1, 0.15) is 11.3 Å². The number of hydrogen-bond donors (Lipinski definition) is 1. The fourth-order valence-corrected chi connectivity index (χ4v) is 3.26. The summed E-state index contributed by atoms with van der Waals surface area (Å²) in [6, 6.07) is 9.38. The van der Waals surface area contributed by atoms with E-state index in [-0.39, 0.29) is 5.95 Å². The first kappa shape index (κ1) is 16.8. The van der Waals surface area contributed by atoms with Crippen LogP contribution in [0.5, 0.6) is 5.75 Å². The summed E-state index contributed by atoms with van der Waals surface area (Å²) < 4.78 is 10.6. The second kappa shape index (κ2) is 6.93. The summed E-state index contributed by atoms with van der Waals surface area (Å²) in [6.07, 6.45) is 0. The van der Waals surface area contributed by atoms with Crippen LogP contribution in [-0.2, 0) is 4.74 Å². The van der Waals surface area contributed by atoms with Crippen molar-refractivity contribution in [3.63, 3.8) is 0 Å². The molecule has 26 heavy (non-hydrogen) atoms. The van der Waals surface area contributed by atoms with E-state index in [4.69, 9.17) is 31.8 Å². The minimum Gasteiger partial charge on any atom is -0.495 e. The second-order valence-corrected chi connectivity index (χ2v) is 6.33. The molecule has 1 aliphatic rings. The minimum atomic E-state index is 0.237. The van der Waals surface area contributed by atoms with Gasteiger partial charge in [-0.1, -0.05) is 11.6 Å². The number of nitrogens with two attached hydrogens (primary N) is 1. The van der Waals surface area contributed by atoms with Crippen molar-refractivity contribution in [3.05, 3.63) is 35.4 Å². The quantitative estimate of drug-likeness (QED) is 0.757. The molecule has 1 aliphatic heterocycles. The highest BCUT2D eigenvalue weighted by atomic mass is 35.5. The molecule has 7 nitrogen and oxygen atoms in total. The van der Waals surface area contributed by atoms with E-state index in [2.05, 4.69) is 14.9 Å². The molecule has 0 radical (unpaired) electrons. The normalized spacial score (nSPS) is 14.6. The summed E-state index contributed by atoms with van der Waals surface area (Å²) in [4.78, 5) is 15.7. The molecule has 0 spiro atoms. The topological polar surface area (TPSA) is 86.4 Å². The Balaban J connectivity index is 1.83. The van der Waals surface area contributed by atoms with Crippen molar-refractivity contribution in [2.45, 2.75) is 0 Å². The molecular formula is C18H18ClN5O2. The number of ether oxygens (including phenoxy) is 2. The average molecular weight is 372 g/mol. The van der Waals surface area contributed by atoms with Crippen LogP contribution >= 0.6 is 11.6 Å². The van der Waals surface area contributed by atoms with E-state index in [1.807, 2.05) is 30.3 Å². The molecule has 8 heteroatoms. The van der Waals surface area contributed by atoms with Gasteiger partial charge in [0.05, 0.1) is 36.6 Å². The maximum atomic E-state index is 6.26. The number of halogens is 1. The van der Waals surface area contributed by atoms with Crippen LogP contribution in [0.4, 0.5) is 11.8 Å². The van der Waals surface area contributed by atoms with E-state index in [9.17, 15) is 0 Å². The summed E-state index contributed by atoms with van der Waals surface area (Å²) in [5.41, 5.74) is 8.99. The van der Waals surface area contributed by atoms with Gasteiger partial charge in [-0.25, -0.2) is 9.97 Å². The third-order valence-electron chi connectivity index (χ3n) is 4.30. The van der Waals surface area contributed by atoms with E-state index in [1.165, 1.54) is 0 Å². The van der Waals surface area contributed by atoms with Crippen molar-refractivity contribution >= 4 is 34.4 Å². The molecule has 1 aromatic carbocycles. The molecule has 0 amide bonds. The lowest BCUT2D eigenvalue weighted by atomic mass is 10.1. The largest absolute Gasteiger partial charge is 0.495 e. The lowest BCUT2D eigenvalue weighted by Crippen LogP contribution is -2.37. The maximum Gasteiger partial charge on any atom is 0.222 e. The minimum absolute atomic E-state index is 0.237. The molecule has 134 valence electrons. The van der Waals surface area contributed by atoms with Crippen LogP contribution in [0.2, 0.25) is 5.02 Å². The summed E-state index contributed by atoms with van der Waals surface area (Å²) in [5, 5.41) is 0.536. The van der Waals surface area contributed by atoms with Crippen molar-refractivity contribution in [2.24, 2.45) is 0 Å². The van der Waals surface area contributed by atoms with Crippen LogP contribution in [0.3, 0.4) is 0 Å². The molecule has 4 rings (SSSR count). The molecular weight excluding hydrogens is 354 g/mol. The Labute approximate surface area is 155 Å². The predicted octanol–water partition coefficient (Wildman–Crippen LogP) is 2.77. The molecule has 2 aromatic heterocycles. The van der Waals surface area contributed by atoms with Gasteiger partial charge < -0.3 is 20.1 Å². The summed E-state index contributed by atoms with van der Waals surface area (Å²) in [6.45, 7) is 2.79. The number of nitrogen functional groups attached to an aromatic ring is 1. The van der Waals surface area contributed by atoms with Crippen molar-refractivity contribution < 1.29 is 9.47 Å². The first-order chi connectivity index (χ1) is 12.7. The SMILES string of the molecule is COc1ccc(-c2ccc3nc(N)nc(N4CCOCC4)c3n2)cc1Cl. The van der Waals surface area contributed by atoms with E-state index < -0.39 is 0 Å². The van der Waals surface area contributed by atoms with E-state index >= 15 is 0 Å². The van der Waals surface area contributed by atoms with E-state index in [1.54, 1.807) is 7.11 Å². The number of methoxy groups -OCH3 is 1. The van der Waals surface area contributed by atoms with Crippen molar-refractivity contribution in [1.29, 1.82) is 0 Å². The fourth-order valence-electron chi connectivity index (χ4n) is 3.00. The first-order valence-electron chi connectivity index (χ1n) is 8.26. The van der Waals surface area contributed by atoms with Crippen molar-refractivity contribution in [3.8, 4) is 17.0 Å².